The summed E-state index contributed by atoms with van der Waals surface area (Å²) in [6.45, 7) is 4.09. The van der Waals surface area contributed by atoms with Crippen LogP contribution in [0.2, 0.25) is 0 Å². The maximum atomic E-state index is 11.9. The highest BCUT2D eigenvalue weighted by atomic mass is 32.2. The van der Waals surface area contributed by atoms with Crippen molar-refractivity contribution in [3.05, 3.63) is 34.7 Å². The fourth-order valence-electron chi connectivity index (χ4n) is 1.98. The number of amides is 2. The summed E-state index contributed by atoms with van der Waals surface area (Å²) in [5.74, 6) is 0.386. The third-order valence-corrected chi connectivity index (χ3v) is 5.05. The van der Waals surface area contributed by atoms with Crippen molar-refractivity contribution in [1.29, 1.82) is 0 Å². The van der Waals surface area contributed by atoms with Crippen LogP contribution in [-0.4, -0.2) is 47.3 Å². The quantitative estimate of drug-likeness (QED) is 0.856. The minimum Gasteiger partial charge on any atom is -0.348 e. The molecule has 1 aromatic carbocycles. The molecule has 0 saturated heterocycles. The molecule has 0 aliphatic carbocycles. The maximum Gasteiger partial charge on any atom is 0.236 e. The zero-order valence-corrected chi connectivity index (χ0v) is 15.9. The zero-order chi connectivity index (χ0) is 17.7. The van der Waals surface area contributed by atoms with Crippen LogP contribution >= 0.6 is 23.1 Å². The van der Waals surface area contributed by atoms with Crippen LogP contribution in [0.4, 0.5) is 5.13 Å². The van der Waals surface area contributed by atoms with Gasteiger partial charge in [0.05, 0.1) is 17.2 Å². The molecule has 0 fully saturated rings. The van der Waals surface area contributed by atoms with Crippen molar-refractivity contribution >= 4 is 40.0 Å². The normalized spacial score (nSPS) is 10.5. The second-order valence-electron chi connectivity index (χ2n) is 5.69. The van der Waals surface area contributed by atoms with Gasteiger partial charge in [-0.15, -0.1) is 23.1 Å². The van der Waals surface area contributed by atoms with E-state index in [4.69, 9.17) is 0 Å². The average Bonchev–Trinajstić information content (AvgIpc) is 2.97. The van der Waals surface area contributed by atoms with Crippen LogP contribution in [0, 0.1) is 13.8 Å². The predicted molar refractivity (Wildman–Crippen MR) is 102 cm³/mol. The van der Waals surface area contributed by atoms with Crippen LogP contribution in [-0.2, 0) is 9.59 Å². The number of benzene rings is 1. The van der Waals surface area contributed by atoms with Crippen LogP contribution in [0.5, 0.6) is 0 Å². The van der Waals surface area contributed by atoms with Gasteiger partial charge in [-0.1, -0.05) is 17.7 Å². The molecule has 0 atom stereocenters. The number of nitrogens with zero attached hydrogens (tertiary/aromatic N) is 2. The van der Waals surface area contributed by atoms with E-state index in [0.717, 1.165) is 16.8 Å². The molecule has 2 amide bonds. The number of rotatable bonds is 6. The molecule has 0 aliphatic heterocycles. The molecule has 24 heavy (non-hydrogen) atoms. The first-order valence-corrected chi connectivity index (χ1v) is 9.51. The number of aromatic nitrogens is 1. The maximum absolute atomic E-state index is 11.9. The monoisotopic (exact) mass is 363 g/mol. The molecule has 0 spiro atoms. The van der Waals surface area contributed by atoms with Gasteiger partial charge >= 0.3 is 0 Å². The van der Waals surface area contributed by atoms with Crippen molar-refractivity contribution in [2.45, 2.75) is 13.8 Å². The second-order valence-corrected chi connectivity index (χ2v) is 7.53. The summed E-state index contributed by atoms with van der Waals surface area (Å²) in [6, 6.07) is 6.24. The zero-order valence-electron chi connectivity index (χ0n) is 14.3. The fourth-order valence-corrected chi connectivity index (χ4v) is 3.50. The Labute approximate surface area is 150 Å². The molecular formula is C17H21N3O2S2. The number of aryl methyl sites for hydroxylation is 2. The third-order valence-electron chi connectivity index (χ3n) is 3.38. The highest BCUT2D eigenvalue weighted by Crippen LogP contribution is 2.28. The molecule has 5 nitrogen and oxygen atoms in total. The molecular weight excluding hydrogens is 342 g/mol. The standard InChI is InChI=1S/C17H21N3O2S2/c1-11-5-6-12(2)13(7-11)14-8-24-17(18-14)19-15(21)9-23-10-16(22)20(3)4/h5-8H,9-10H2,1-4H3,(H,18,19,21). The second kappa shape index (κ2) is 8.30. The van der Waals surface area contributed by atoms with Gasteiger partial charge in [-0.2, -0.15) is 0 Å². The summed E-state index contributed by atoms with van der Waals surface area (Å²) in [5, 5.41) is 5.32. The summed E-state index contributed by atoms with van der Waals surface area (Å²) in [5.41, 5.74) is 4.28. The van der Waals surface area contributed by atoms with Crippen molar-refractivity contribution < 1.29 is 9.59 Å². The van der Waals surface area contributed by atoms with Crippen molar-refractivity contribution in [3.8, 4) is 11.3 Å². The van der Waals surface area contributed by atoms with Crippen molar-refractivity contribution in [2.24, 2.45) is 0 Å². The van der Waals surface area contributed by atoms with E-state index in [0.29, 0.717) is 10.9 Å². The Morgan fingerprint density at radius 3 is 2.71 bits per heavy atom. The minimum atomic E-state index is -0.145. The summed E-state index contributed by atoms with van der Waals surface area (Å²) in [4.78, 5) is 29.4. The number of nitrogens with one attached hydrogen (secondary N) is 1. The molecule has 2 rings (SSSR count). The number of carbonyl (C=O) groups is 2. The molecule has 1 heterocycles. The molecule has 2 aromatic rings. The Kier molecular flexibility index (Phi) is 6.39. The van der Waals surface area contributed by atoms with Gasteiger partial charge in [0.1, 0.15) is 0 Å². The van der Waals surface area contributed by atoms with E-state index in [1.807, 2.05) is 19.2 Å². The Balaban J connectivity index is 1.93. The molecule has 0 saturated carbocycles. The first-order valence-electron chi connectivity index (χ1n) is 7.47. The van der Waals surface area contributed by atoms with Crippen LogP contribution in [0.3, 0.4) is 0 Å². The van der Waals surface area contributed by atoms with E-state index in [1.165, 1.54) is 33.6 Å². The average molecular weight is 364 g/mol. The van der Waals surface area contributed by atoms with Gasteiger partial charge in [0.2, 0.25) is 11.8 Å². The molecule has 0 bridgehead atoms. The van der Waals surface area contributed by atoms with E-state index in [-0.39, 0.29) is 17.6 Å². The largest absolute Gasteiger partial charge is 0.348 e. The lowest BCUT2D eigenvalue weighted by molar-refractivity contribution is -0.125. The number of anilines is 1. The number of thiazole rings is 1. The van der Waals surface area contributed by atoms with Crippen LogP contribution in [0.15, 0.2) is 23.6 Å². The molecule has 0 aliphatic rings. The fraction of sp³-hybridized carbons (Fsp3) is 0.353. The van der Waals surface area contributed by atoms with E-state index < -0.39 is 0 Å². The molecule has 128 valence electrons. The van der Waals surface area contributed by atoms with Crippen molar-refractivity contribution in [1.82, 2.24) is 9.88 Å². The number of thioether (sulfide) groups is 1. The van der Waals surface area contributed by atoms with Crippen molar-refractivity contribution in [2.75, 3.05) is 30.9 Å². The minimum absolute atomic E-state index is 0.000688. The van der Waals surface area contributed by atoms with Crippen LogP contribution in [0.1, 0.15) is 11.1 Å². The van der Waals surface area contributed by atoms with Gasteiger partial charge in [0.25, 0.3) is 0 Å². The van der Waals surface area contributed by atoms with Gasteiger partial charge in [-0.25, -0.2) is 4.98 Å². The lowest BCUT2D eigenvalue weighted by Crippen LogP contribution is -2.24. The van der Waals surface area contributed by atoms with E-state index in [2.05, 4.69) is 28.5 Å². The number of hydrogen-bond donors (Lipinski definition) is 1. The number of hydrogen-bond acceptors (Lipinski definition) is 5. The topological polar surface area (TPSA) is 62.3 Å². The first-order chi connectivity index (χ1) is 11.4. The SMILES string of the molecule is Cc1ccc(C)c(-c2csc(NC(=O)CSCC(=O)N(C)C)n2)c1. The Bertz CT molecular complexity index is 741. The Morgan fingerprint density at radius 2 is 2.00 bits per heavy atom. The van der Waals surface area contributed by atoms with E-state index >= 15 is 0 Å². The summed E-state index contributed by atoms with van der Waals surface area (Å²) < 4.78 is 0. The Hall–Kier alpha value is -1.86. The van der Waals surface area contributed by atoms with Crippen LogP contribution < -0.4 is 5.32 Å². The van der Waals surface area contributed by atoms with Gasteiger partial charge in [0.15, 0.2) is 5.13 Å². The van der Waals surface area contributed by atoms with Gasteiger partial charge < -0.3 is 10.2 Å². The van der Waals surface area contributed by atoms with Crippen LogP contribution in [0.25, 0.3) is 11.3 Å². The lowest BCUT2D eigenvalue weighted by Gasteiger charge is -2.09. The lowest BCUT2D eigenvalue weighted by atomic mass is 10.0. The molecule has 1 N–H and O–H groups in total. The first kappa shape index (κ1) is 18.5. The molecule has 0 unspecified atom stereocenters. The summed E-state index contributed by atoms with van der Waals surface area (Å²) >= 11 is 2.70. The van der Waals surface area contributed by atoms with Gasteiger partial charge in [0, 0.05) is 25.0 Å². The summed E-state index contributed by atoms with van der Waals surface area (Å²) in [6.07, 6.45) is 0. The highest BCUT2D eigenvalue weighted by Gasteiger charge is 2.11. The van der Waals surface area contributed by atoms with Gasteiger partial charge in [-0.05, 0) is 25.5 Å². The molecule has 7 heteroatoms. The molecule has 1 aromatic heterocycles. The van der Waals surface area contributed by atoms with E-state index in [1.54, 1.807) is 14.1 Å². The Morgan fingerprint density at radius 1 is 1.25 bits per heavy atom. The smallest absolute Gasteiger partial charge is 0.236 e. The third kappa shape index (κ3) is 5.07. The van der Waals surface area contributed by atoms with Crippen molar-refractivity contribution in [3.63, 3.8) is 0 Å². The van der Waals surface area contributed by atoms with Gasteiger partial charge in [-0.3, -0.25) is 9.59 Å². The number of carbonyl (C=O) groups excluding carboxylic acids is 2. The predicted octanol–water partition coefficient (Wildman–Crippen LogP) is 3.19. The highest BCUT2D eigenvalue weighted by molar-refractivity contribution is 8.00. The van der Waals surface area contributed by atoms with E-state index in [9.17, 15) is 9.59 Å². The molecule has 0 radical (unpaired) electrons. The summed E-state index contributed by atoms with van der Waals surface area (Å²) in [7, 11) is 3.40.